The van der Waals surface area contributed by atoms with Crippen LogP contribution in [0.4, 0.5) is 5.69 Å². The van der Waals surface area contributed by atoms with Gasteiger partial charge in [-0.25, -0.2) is 4.79 Å². The molecular formula is C18H17Cl2NO4. The Morgan fingerprint density at radius 1 is 1.04 bits per heavy atom. The van der Waals surface area contributed by atoms with E-state index in [1.54, 1.807) is 6.07 Å². The number of amides is 1. The standard InChI is InChI=1S/C18H17Cl2NO4/c1-10-4-5-13(6-11(10)2)21-16(22)9-25-18(23)12-7-14(19)17(24-3)15(20)8-12/h4-8H,9H2,1-3H3,(H,21,22). The number of methoxy groups -OCH3 is 1. The van der Waals surface area contributed by atoms with Crippen molar-refractivity contribution in [3.8, 4) is 5.75 Å². The molecule has 0 aliphatic rings. The lowest BCUT2D eigenvalue weighted by atomic mass is 10.1. The van der Waals surface area contributed by atoms with Crippen LogP contribution in [0.3, 0.4) is 0 Å². The van der Waals surface area contributed by atoms with E-state index in [0.717, 1.165) is 11.1 Å². The SMILES string of the molecule is COc1c(Cl)cc(C(=O)OCC(=O)Nc2ccc(C)c(C)c2)cc1Cl. The van der Waals surface area contributed by atoms with Crippen molar-refractivity contribution in [1.29, 1.82) is 0 Å². The summed E-state index contributed by atoms with van der Waals surface area (Å²) in [5.41, 5.74) is 2.95. The molecule has 0 heterocycles. The summed E-state index contributed by atoms with van der Waals surface area (Å²) in [7, 11) is 1.42. The lowest BCUT2D eigenvalue weighted by molar-refractivity contribution is -0.119. The molecule has 0 atom stereocenters. The van der Waals surface area contributed by atoms with Crippen LogP contribution < -0.4 is 10.1 Å². The molecule has 0 radical (unpaired) electrons. The predicted molar refractivity (Wildman–Crippen MR) is 97.8 cm³/mol. The number of anilines is 1. The smallest absolute Gasteiger partial charge is 0.338 e. The molecule has 0 saturated heterocycles. The highest BCUT2D eigenvalue weighted by molar-refractivity contribution is 6.37. The van der Waals surface area contributed by atoms with Crippen molar-refractivity contribution >= 4 is 40.8 Å². The van der Waals surface area contributed by atoms with E-state index in [9.17, 15) is 9.59 Å². The van der Waals surface area contributed by atoms with Crippen LogP contribution in [0.5, 0.6) is 5.75 Å². The number of halogens is 2. The van der Waals surface area contributed by atoms with Crippen LogP contribution in [0, 0.1) is 13.8 Å². The molecule has 0 fully saturated rings. The van der Waals surface area contributed by atoms with Crippen molar-refractivity contribution in [3.05, 3.63) is 57.1 Å². The van der Waals surface area contributed by atoms with Gasteiger partial charge in [0.2, 0.25) is 0 Å². The topological polar surface area (TPSA) is 64.6 Å². The highest BCUT2D eigenvalue weighted by Crippen LogP contribution is 2.33. The van der Waals surface area contributed by atoms with Gasteiger partial charge in [-0.1, -0.05) is 29.3 Å². The summed E-state index contributed by atoms with van der Waals surface area (Å²) in [6.45, 7) is 3.50. The number of ether oxygens (including phenoxy) is 2. The van der Waals surface area contributed by atoms with E-state index < -0.39 is 18.5 Å². The Bertz CT molecular complexity index is 798. The van der Waals surface area contributed by atoms with Gasteiger partial charge in [0.1, 0.15) is 0 Å². The molecule has 0 aromatic heterocycles. The maximum atomic E-state index is 12.0. The first-order valence-corrected chi connectivity index (χ1v) is 8.14. The zero-order valence-electron chi connectivity index (χ0n) is 14.0. The summed E-state index contributed by atoms with van der Waals surface area (Å²) < 4.78 is 10.0. The highest BCUT2D eigenvalue weighted by atomic mass is 35.5. The Labute approximate surface area is 155 Å². The van der Waals surface area contributed by atoms with Gasteiger partial charge in [0.25, 0.3) is 5.91 Å². The van der Waals surface area contributed by atoms with E-state index in [-0.39, 0.29) is 21.4 Å². The third kappa shape index (κ3) is 4.87. The number of benzene rings is 2. The number of esters is 1. The molecule has 0 unspecified atom stereocenters. The lowest BCUT2D eigenvalue weighted by Gasteiger charge is -2.10. The summed E-state index contributed by atoms with van der Waals surface area (Å²) in [6, 6.07) is 8.27. The number of hydrogen-bond acceptors (Lipinski definition) is 4. The number of rotatable bonds is 5. The molecule has 0 aliphatic heterocycles. The number of carbonyl (C=O) groups excluding carboxylic acids is 2. The first-order chi connectivity index (χ1) is 11.8. The summed E-state index contributed by atoms with van der Waals surface area (Å²) in [6.07, 6.45) is 0. The molecule has 0 bridgehead atoms. The minimum Gasteiger partial charge on any atom is -0.494 e. The summed E-state index contributed by atoms with van der Waals surface area (Å²) >= 11 is 12.0. The lowest BCUT2D eigenvalue weighted by Crippen LogP contribution is -2.21. The van der Waals surface area contributed by atoms with Crippen LogP contribution >= 0.6 is 23.2 Å². The fourth-order valence-electron chi connectivity index (χ4n) is 2.10. The van der Waals surface area contributed by atoms with Gasteiger partial charge in [-0.3, -0.25) is 4.79 Å². The van der Waals surface area contributed by atoms with Crippen molar-refractivity contribution in [2.75, 3.05) is 19.0 Å². The first-order valence-electron chi connectivity index (χ1n) is 7.39. The molecule has 7 heteroatoms. The second kappa shape index (κ2) is 8.23. The Kier molecular flexibility index (Phi) is 6.28. The van der Waals surface area contributed by atoms with E-state index in [4.69, 9.17) is 32.7 Å². The number of nitrogens with one attached hydrogen (secondary N) is 1. The largest absolute Gasteiger partial charge is 0.494 e. The molecule has 0 saturated carbocycles. The van der Waals surface area contributed by atoms with Gasteiger partial charge < -0.3 is 14.8 Å². The summed E-state index contributed by atoms with van der Waals surface area (Å²) in [5, 5.41) is 3.03. The van der Waals surface area contributed by atoms with E-state index in [1.807, 2.05) is 26.0 Å². The fourth-order valence-corrected chi connectivity index (χ4v) is 2.74. The average Bonchev–Trinajstić information content (AvgIpc) is 2.55. The Morgan fingerprint density at radius 2 is 1.68 bits per heavy atom. The van der Waals surface area contributed by atoms with Crippen LogP contribution in [0.15, 0.2) is 30.3 Å². The third-order valence-electron chi connectivity index (χ3n) is 3.56. The van der Waals surface area contributed by atoms with E-state index in [0.29, 0.717) is 5.69 Å². The third-order valence-corrected chi connectivity index (χ3v) is 4.12. The van der Waals surface area contributed by atoms with E-state index in [2.05, 4.69) is 5.32 Å². The fraction of sp³-hybridized carbons (Fsp3) is 0.222. The molecule has 2 aromatic rings. The maximum Gasteiger partial charge on any atom is 0.338 e. The second-order valence-electron chi connectivity index (χ2n) is 5.40. The monoisotopic (exact) mass is 381 g/mol. The molecule has 5 nitrogen and oxygen atoms in total. The highest BCUT2D eigenvalue weighted by Gasteiger charge is 2.16. The zero-order valence-corrected chi connectivity index (χ0v) is 15.5. The van der Waals surface area contributed by atoms with Gasteiger partial charge in [-0.15, -0.1) is 0 Å². The molecule has 0 spiro atoms. The van der Waals surface area contributed by atoms with Gasteiger partial charge in [-0.2, -0.15) is 0 Å². The minimum atomic E-state index is -0.707. The van der Waals surface area contributed by atoms with Crippen molar-refractivity contribution < 1.29 is 19.1 Å². The van der Waals surface area contributed by atoms with Crippen LogP contribution in [-0.4, -0.2) is 25.6 Å². The first kappa shape index (κ1) is 19.1. The van der Waals surface area contributed by atoms with Gasteiger partial charge >= 0.3 is 5.97 Å². The van der Waals surface area contributed by atoms with Gasteiger partial charge in [0, 0.05) is 5.69 Å². The van der Waals surface area contributed by atoms with Crippen LogP contribution in [-0.2, 0) is 9.53 Å². The van der Waals surface area contributed by atoms with Crippen molar-refractivity contribution in [2.24, 2.45) is 0 Å². The Morgan fingerprint density at radius 3 is 2.24 bits per heavy atom. The molecule has 25 heavy (non-hydrogen) atoms. The Hall–Kier alpha value is -2.24. The summed E-state index contributed by atoms with van der Waals surface area (Å²) in [4.78, 5) is 24.0. The molecule has 1 amide bonds. The van der Waals surface area contributed by atoms with Crippen molar-refractivity contribution in [2.45, 2.75) is 13.8 Å². The molecule has 1 N–H and O–H groups in total. The van der Waals surface area contributed by atoms with Crippen molar-refractivity contribution in [1.82, 2.24) is 0 Å². The molecule has 2 aromatic carbocycles. The van der Waals surface area contributed by atoms with Gasteiger partial charge in [0.05, 0.1) is 22.7 Å². The number of aryl methyl sites for hydroxylation is 2. The van der Waals surface area contributed by atoms with Crippen LogP contribution in [0.1, 0.15) is 21.5 Å². The normalized spacial score (nSPS) is 10.3. The predicted octanol–water partition coefficient (Wildman–Crippen LogP) is 4.41. The van der Waals surface area contributed by atoms with Crippen LogP contribution in [0.25, 0.3) is 0 Å². The molecule has 2 rings (SSSR count). The quantitative estimate of drug-likeness (QED) is 0.778. The molecular weight excluding hydrogens is 365 g/mol. The second-order valence-corrected chi connectivity index (χ2v) is 6.21. The maximum absolute atomic E-state index is 12.0. The van der Waals surface area contributed by atoms with Crippen molar-refractivity contribution in [3.63, 3.8) is 0 Å². The zero-order chi connectivity index (χ0) is 18.6. The average molecular weight is 382 g/mol. The minimum absolute atomic E-state index is 0.134. The Balaban J connectivity index is 1.97. The van der Waals surface area contributed by atoms with Gasteiger partial charge in [0.15, 0.2) is 12.4 Å². The summed E-state index contributed by atoms with van der Waals surface area (Å²) in [5.74, 6) is -0.878. The van der Waals surface area contributed by atoms with Gasteiger partial charge in [-0.05, 0) is 49.2 Å². The molecule has 132 valence electrons. The molecule has 0 aliphatic carbocycles. The number of hydrogen-bond donors (Lipinski definition) is 1. The van der Waals surface area contributed by atoms with E-state index >= 15 is 0 Å². The number of carbonyl (C=O) groups is 2. The van der Waals surface area contributed by atoms with E-state index in [1.165, 1.54) is 19.2 Å². The van der Waals surface area contributed by atoms with Crippen LogP contribution in [0.2, 0.25) is 10.0 Å².